The van der Waals surface area contributed by atoms with Gasteiger partial charge in [0.2, 0.25) is 0 Å². The Balaban J connectivity index is 2.95. The van der Waals surface area contributed by atoms with Crippen LogP contribution in [0.15, 0.2) is 34.9 Å². The maximum Gasteiger partial charge on any atom is 0.0603 e. The number of rotatable bonds is 0. The Kier molecular flexibility index (Phi) is 1.77. The monoisotopic (exact) mass is 273 g/mol. The highest BCUT2D eigenvalue weighted by atomic mass is 79.9. The van der Waals surface area contributed by atoms with Crippen LogP contribution in [0, 0.1) is 0 Å². The Morgan fingerprint density at radius 3 is 2.64 bits per heavy atom. The molecule has 0 saturated heterocycles. The summed E-state index contributed by atoms with van der Waals surface area (Å²) in [4.78, 5) is 0. The molecule has 0 aliphatic rings. The van der Waals surface area contributed by atoms with E-state index in [1.54, 1.807) is 0 Å². The normalized spacial score (nSPS) is 10.7. The first kappa shape index (κ1) is 7.37. The number of aromatic nitrogens is 1. The minimum atomic E-state index is 1.12. The van der Waals surface area contributed by atoms with Gasteiger partial charge in [-0.05, 0) is 22.0 Å². The van der Waals surface area contributed by atoms with Crippen LogP contribution < -0.4 is 0 Å². The van der Waals surface area contributed by atoms with E-state index in [4.69, 9.17) is 0 Å². The lowest BCUT2D eigenvalue weighted by Gasteiger charge is -1.90. The van der Waals surface area contributed by atoms with Crippen LogP contribution in [0.4, 0.5) is 0 Å². The fourth-order valence-electron chi connectivity index (χ4n) is 1.10. The van der Waals surface area contributed by atoms with E-state index in [0.717, 1.165) is 4.47 Å². The van der Waals surface area contributed by atoms with E-state index in [9.17, 15) is 0 Å². The first-order chi connectivity index (χ1) is 5.29. The molecule has 0 fully saturated rings. The molecule has 0 saturated carbocycles. The predicted molar refractivity (Wildman–Crippen MR) is 54.0 cm³/mol. The van der Waals surface area contributed by atoms with Gasteiger partial charge in [-0.3, -0.25) is 3.59 Å². The van der Waals surface area contributed by atoms with Gasteiger partial charge in [-0.15, -0.1) is 0 Å². The van der Waals surface area contributed by atoms with Crippen molar-refractivity contribution in [3.63, 3.8) is 0 Å². The molecule has 0 aliphatic heterocycles. The van der Waals surface area contributed by atoms with Gasteiger partial charge < -0.3 is 0 Å². The smallest absolute Gasteiger partial charge is 0.0603 e. The average molecular weight is 275 g/mol. The fourth-order valence-corrected chi connectivity index (χ4v) is 2.43. The van der Waals surface area contributed by atoms with Gasteiger partial charge in [-0.25, -0.2) is 0 Å². The number of halogens is 2. The molecular formula is C8H5Br2N. The number of benzene rings is 1. The van der Waals surface area contributed by atoms with Crippen LogP contribution in [-0.4, -0.2) is 3.59 Å². The van der Waals surface area contributed by atoms with Crippen molar-refractivity contribution in [3.05, 3.63) is 34.9 Å². The topological polar surface area (TPSA) is 4.93 Å². The summed E-state index contributed by atoms with van der Waals surface area (Å²) in [5, 5.41) is 1.23. The Morgan fingerprint density at radius 1 is 1.18 bits per heavy atom. The van der Waals surface area contributed by atoms with E-state index in [1.807, 2.05) is 21.9 Å². The Bertz CT molecular complexity index is 356. The molecule has 11 heavy (non-hydrogen) atoms. The Morgan fingerprint density at radius 2 is 1.91 bits per heavy atom. The van der Waals surface area contributed by atoms with Crippen LogP contribution >= 0.6 is 32.1 Å². The number of hydrogen-bond donors (Lipinski definition) is 0. The van der Waals surface area contributed by atoms with E-state index >= 15 is 0 Å². The zero-order valence-electron chi connectivity index (χ0n) is 5.59. The SMILES string of the molecule is Brc1cn(Br)c2ccccc12. The van der Waals surface area contributed by atoms with Crippen LogP contribution in [0.1, 0.15) is 0 Å². The lowest BCUT2D eigenvalue weighted by molar-refractivity contribution is 1.38. The molecule has 0 amide bonds. The first-order valence-corrected chi connectivity index (χ1v) is 4.71. The van der Waals surface area contributed by atoms with Gasteiger partial charge in [-0.1, -0.05) is 18.2 Å². The second-order valence-electron chi connectivity index (χ2n) is 2.31. The molecule has 0 bridgehead atoms. The van der Waals surface area contributed by atoms with E-state index < -0.39 is 0 Å². The van der Waals surface area contributed by atoms with Crippen molar-refractivity contribution in [3.8, 4) is 0 Å². The minimum Gasteiger partial charge on any atom is -0.283 e. The molecule has 1 nitrogen and oxygen atoms in total. The molecule has 0 aliphatic carbocycles. The standard InChI is InChI=1S/C8H5Br2N/c9-7-5-11(10)8-4-2-1-3-6(7)8/h1-5H. The summed E-state index contributed by atoms with van der Waals surface area (Å²) < 4.78 is 3.04. The summed E-state index contributed by atoms with van der Waals surface area (Å²) in [6.07, 6.45) is 1.99. The van der Waals surface area contributed by atoms with Gasteiger partial charge >= 0.3 is 0 Å². The van der Waals surface area contributed by atoms with Crippen molar-refractivity contribution >= 4 is 43.0 Å². The zero-order valence-corrected chi connectivity index (χ0v) is 8.76. The minimum absolute atomic E-state index is 1.12. The Hall–Kier alpha value is -0.280. The quantitative estimate of drug-likeness (QED) is 0.692. The van der Waals surface area contributed by atoms with E-state index in [0.29, 0.717) is 0 Å². The molecule has 1 heterocycles. The highest BCUT2D eigenvalue weighted by Crippen LogP contribution is 2.26. The van der Waals surface area contributed by atoms with Crippen LogP contribution in [0.25, 0.3) is 10.9 Å². The molecule has 1 aromatic heterocycles. The van der Waals surface area contributed by atoms with Gasteiger partial charge in [0.25, 0.3) is 0 Å². The van der Waals surface area contributed by atoms with Crippen molar-refractivity contribution in [2.45, 2.75) is 0 Å². The maximum absolute atomic E-state index is 3.47. The van der Waals surface area contributed by atoms with Crippen LogP contribution in [0.5, 0.6) is 0 Å². The summed E-state index contributed by atoms with van der Waals surface area (Å²) >= 11 is 6.87. The average Bonchev–Trinajstić information content (AvgIpc) is 2.30. The zero-order chi connectivity index (χ0) is 7.84. The molecule has 0 unspecified atom stereocenters. The lowest BCUT2D eigenvalue weighted by atomic mass is 10.3. The molecular weight excluding hydrogens is 270 g/mol. The fraction of sp³-hybridized carbons (Fsp3) is 0. The summed E-state index contributed by atoms with van der Waals surface area (Å²) in [5.41, 5.74) is 1.18. The van der Waals surface area contributed by atoms with Crippen molar-refractivity contribution < 1.29 is 0 Å². The summed E-state index contributed by atoms with van der Waals surface area (Å²) in [7, 11) is 0. The van der Waals surface area contributed by atoms with Crippen LogP contribution in [0.2, 0.25) is 0 Å². The molecule has 2 aromatic rings. The molecule has 2 rings (SSSR count). The summed E-state index contributed by atoms with van der Waals surface area (Å²) in [6.45, 7) is 0. The molecule has 56 valence electrons. The number of hydrogen-bond acceptors (Lipinski definition) is 0. The van der Waals surface area contributed by atoms with Gasteiger partial charge in [0, 0.05) is 16.1 Å². The highest BCUT2D eigenvalue weighted by molar-refractivity contribution is 9.10. The van der Waals surface area contributed by atoms with Crippen LogP contribution in [-0.2, 0) is 0 Å². The van der Waals surface area contributed by atoms with E-state index in [-0.39, 0.29) is 0 Å². The third-order valence-corrected chi connectivity index (χ3v) is 2.84. The Labute approximate surface area is 81.5 Å². The van der Waals surface area contributed by atoms with Gasteiger partial charge in [0.15, 0.2) is 0 Å². The van der Waals surface area contributed by atoms with E-state index in [2.05, 4.69) is 44.2 Å². The van der Waals surface area contributed by atoms with Gasteiger partial charge in [-0.2, -0.15) is 0 Å². The second-order valence-corrected chi connectivity index (χ2v) is 3.92. The summed E-state index contributed by atoms with van der Waals surface area (Å²) in [5.74, 6) is 0. The number of para-hydroxylation sites is 1. The molecule has 3 heteroatoms. The van der Waals surface area contributed by atoms with E-state index in [1.165, 1.54) is 10.9 Å². The number of fused-ring (bicyclic) bond motifs is 1. The molecule has 0 atom stereocenters. The van der Waals surface area contributed by atoms with Crippen LogP contribution in [0.3, 0.4) is 0 Å². The summed E-state index contributed by atoms with van der Waals surface area (Å²) in [6, 6.07) is 8.19. The third-order valence-electron chi connectivity index (χ3n) is 1.62. The molecule has 0 radical (unpaired) electrons. The molecule has 1 aromatic carbocycles. The highest BCUT2D eigenvalue weighted by Gasteiger charge is 2.01. The van der Waals surface area contributed by atoms with Crippen molar-refractivity contribution in [1.82, 2.24) is 3.59 Å². The first-order valence-electron chi connectivity index (χ1n) is 3.21. The third kappa shape index (κ3) is 1.12. The largest absolute Gasteiger partial charge is 0.283 e. The second kappa shape index (κ2) is 2.64. The molecule has 0 spiro atoms. The van der Waals surface area contributed by atoms with Crippen molar-refractivity contribution in [2.75, 3.05) is 0 Å². The van der Waals surface area contributed by atoms with Gasteiger partial charge in [0.05, 0.1) is 21.7 Å². The molecule has 0 N–H and O–H groups in total. The maximum atomic E-state index is 3.47. The van der Waals surface area contributed by atoms with Gasteiger partial charge in [0.1, 0.15) is 0 Å². The predicted octanol–water partition coefficient (Wildman–Crippen LogP) is 3.56. The van der Waals surface area contributed by atoms with Crippen molar-refractivity contribution in [1.29, 1.82) is 0 Å². The lowest BCUT2D eigenvalue weighted by Crippen LogP contribution is -1.71. The number of nitrogens with zero attached hydrogens (tertiary/aromatic N) is 1. The van der Waals surface area contributed by atoms with Crippen molar-refractivity contribution in [2.24, 2.45) is 0 Å².